The lowest BCUT2D eigenvalue weighted by atomic mass is 10.2. The number of rotatable bonds is 2. The summed E-state index contributed by atoms with van der Waals surface area (Å²) in [4.78, 5) is 8.20. The van der Waals surface area contributed by atoms with Crippen molar-refractivity contribution in [2.75, 3.05) is 0 Å². The van der Waals surface area contributed by atoms with Gasteiger partial charge in [0.2, 0.25) is 0 Å². The number of pyridine rings is 1. The molecule has 2 rings (SSSR count). The standard InChI is InChI=1S/C12H13N3/c1-4-13-7-10-9(2)15(3)12-5-6-14-8-11(10)12/h4-8H,1H2,2-3H3. The molecule has 0 atom stereocenters. The summed E-state index contributed by atoms with van der Waals surface area (Å²) in [5.74, 6) is 0. The first-order chi connectivity index (χ1) is 7.25. The van der Waals surface area contributed by atoms with E-state index in [0.717, 1.165) is 10.9 Å². The van der Waals surface area contributed by atoms with Gasteiger partial charge >= 0.3 is 0 Å². The average Bonchev–Trinajstić information content (AvgIpc) is 2.51. The molecule has 15 heavy (non-hydrogen) atoms. The molecular weight excluding hydrogens is 186 g/mol. The van der Waals surface area contributed by atoms with Crippen LogP contribution in [0.5, 0.6) is 0 Å². The van der Waals surface area contributed by atoms with Gasteiger partial charge in [0.25, 0.3) is 0 Å². The summed E-state index contributed by atoms with van der Waals surface area (Å²) in [6.45, 7) is 5.65. The highest BCUT2D eigenvalue weighted by atomic mass is 14.9. The van der Waals surface area contributed by atoms with Gasteiger partial charge in [-0.15, -0.1) is 0 Å². The van der Waals surface area contributed by atoms with E-state index in [-0.39, 0.29) is 0 Å². The van der Waals surface area contributed by atoms with Gasteiger partial charge in [-0.25, -0.2) is 0 Å². The van der Waals surface area contributed by atoms with Crippen LogP contribution in [0, 0.1) is 6.92 Å². The highest BCUT2D eigenvalue weighted by molar-refractivity contribution is 6.00. The minimum Gasteiger partial charge on any atom is -0.347 e. The lowest BCUT2D eigenvalue weighted by Crippen LogP contribution is -1.91. The number of fused-ring (bicyclic) bond motifs is 1. The van der Waals surface area contributed by atoms with Crippen LogP contribution < -0.4 is 0 Å². The zero-order valence-electron chi connectivity index (χ0n) is 8.94. The lowest BCUT2D eigenvalue weighted by Gasteiger charge is -1.96. The molecule has 0 unspecified atom stereocenters. The largest absolute Gasteiger partial charge is 0.347 e. The smallest absolute Gasteiger partial charge is 0.0517 e. The molecule has 0 aromatic carbocycles. The Morgan fingerprint density at radius 3 is 3.07 bits per heavy atom. The minimum absolute atomic E-state index is 1.11. The summed E-state index contributed by atoms with van der Waals surface area (Å²) in [5, 5.41) is 1.13. The summed E-state index contributed by atoms with van der Waals surface area (Å²) in [6.07, 6.45) is 7.03. The van der Waals surface area contributed by atoms with Gasteiger partial charge in [-0.05, 0) is 13.0 Å². The number of aryl methyl sites for hydroxylation is 1. The first kappa shape index (κ1) is 9.65. The molecule has 0 fully saturated rings. The third-order valence-corrected chi connectivity index (χ3v) is 2.65. The number of nitrogens with zero attached hydrogens (tertiary/aromatic N) is 3. The maximum atomic E-state index is 4.14. The predicted octanol–water partition coefficient (Wildman–Crippen LogP) is 2.44. The molecule has 0 saturated heterocycles. The van der Waals surface area contributed by atoms with Crippen LogP contribution in [0.4, 0.5) is 0 Å². The molecule has 0 saturated carbocycles. The number of aliphatic imine (C=N–C) groups is 1. The van der Waals surface area contributed by atoms with Gasteiger partial charge < -0.3 is 4.57 Å². The molecule has 3 heteroatoms. The minimum atomic E-state index is 1.11. The highest BCUT2D eigenvalue weighted by Gasteiger charge is 2.08. The molecule has 2 heterocycles. The summed E-state index contributed by atoms with van der Waals surface area (Å²) in [6, 6.07) is 2.01. The summed E-state index contributed by atoms with van der Waals surface area (Å²) in [5.41, 5.74) is 3.47. The summed E-state index contributed by atoms with van der Waals surface area (Å²) < 4.78 is 2.14. The Bertz CT molecular complexity index is 535. The van der Waals surface area contributed by atoms with Crippen molar-refractivity contribution >= 4 is 17.1 Å². The first-order valence-corrected chi connectivity index (χ1v) is 4.78. The maximum Gasteiger partial charge on any atom is 0.0517 e. The second-order valence-corrected chi connectivity index (χ2v) is 3.41. The van der Waals surface area contributed by atoms with Crippen LogP contribution in [0.1, 0.15) is 11.3 Å². The van der Waals surface area contributed by atoms with Crippen molar-refractivity contribution in [2.24, 2.45) is 12.0 Å². The Morgan fingerprint density at radius 2 is 2.33 bits per heavy atom. The van der Waals surface area contributed by atoms with E-state index in [1.54, 1.807) is 6.20 Å². The Morgan fingerprint density at radius 1 is 1.53 bits per heavy atom. The second-order valence-electron chi connectivity index (χ2n) is 3.41. The van der Waals surface area contributed by atoms with Crippen LogP contribution in [-0.4, -0.2) is 15.8 Å². The Labute approximate surface area is 88.8 Å². The highest BCUT2D eigenvalue weighted by Crippen LogP contribution is 2.22. The van der Waals surface area contributed by atoms with Crippen molar-refractivity contribution in [3.63, 3.8) is 0 Å². The van der Waals surface area contributed by atoms with E-state index in [9.17, 15) is 0 Å². The van der Waals surface area contributed by atoms with Gasteiger partial charge in [0.1, 0.15) is 0 Å². The molecule has 3 nitrogen and oxygen atoms in total. The number of hydrogen-bond donors (Lipinski definition) is 0. The van der Waals surface area contributed by atoms with Crippen molar-refractivity contribution in [2.45, 2.75) is 6.92 Å². The number of hydrogen-bond acceptors (Lipinski definition) is 2. The quantitative estimate of drug-likeness (QED) is 0.683. The van der Waals surface area contributed by atoms with Crippen LogP contribution in [0.15, 0.2) is 36.2 Å². The molecule has 0 N–H and O–H groups in total. The molecule has 2 aromatic rings. The van der Waals surface area contributed by atoms with Crippen molar-refractivity contribution in [3.05, 3.63) is 42.5 Å². The monoisotopic (exact) mass is 199 g/mol. The van der Waals surface area contributed by atoms with Gasteiger partial charge in [-0.3, -0.25) is 9.98 Å². The molecule has 0 spiro atoms. The van der Waals surface area contributed by atoms with Crippen molar-refractivity contribution < 1.29 is 0 Å². The molecule has 0 aliphatic rings. The van der Waals surface area contributed by atoms with Crippen LogP contribution in [-0.2, 0) is 7.05 Å². The summed E-state index contributed by atoms with van der Waals surface area (Å²) >= 11 is 0. The predicted molar refractivity (Wildman–Crippen MR) is 63.2 cm³/mol. The SMILES string of the molecule is C=CN=Cc1c(C)n(C)c2ccncc12. The zero-order valence-corrected chi connectivity index (χ0v) is 8.94. The van der Waals surface area contributed by atoms with Crippen molar-refractivity contribution in [3.8, 4) is 0 Å². The fourth-order valence-corrected chi connectivity index (χ4v) is 1.73. The molecule has 2 aromatic heterocycles. The van der Waals surface area contributed by atoms with E-state index in [2.05, 4.69) is 28.0 Å². The topological polar surface area (TPSA) is 30.2 Å². The van der Waals surface area contributed by atoms with Gasteiger partial charge in [0.05, 0.1) is 5.52 Å². The fraction of sp³-hybridized carbons (Fsp3) is 0.167. The zero-order chi connectivity index (χ0) is 10.8. The first-order valence-electron chi connectivity index (χ1n) is 4.78. The summed E-state index contributed by atoms with van der Waals surface area (Å²) in [7, 11) is 2.04. The van der Waals surface area contributed by atoms with E-state index in [1.165, 1.54) is 17.4 Å². The lowest BCUT2D eigenvalue weighted by molar-refractivity contribution is 0.916. The van der Waals surface area contributed by atoms with E-state index in [1.807, 2.05) is 25.5 Å². The molecule has 0 amide bonds. The molecule has 0 aliphatic heterocycles. The average molecular weight is 199 g/mol. The van der Waals surface area contributed by atoms with Crippen molar-refractivity contribution in [1.82, 2.24) is 9.55 Å². The van der Waals surface area contributed by atoms with Gasteiger partial charge in [-0.2, -0.15) is 0 Å². The Balaban J connectivity index is 2.77. The molecule has 76 valence electrons. The molecule has 0 radical (unpaired) electrons. The van der Waals surface area contributed by atoms with Gasteiger partial charge in [0, 0.05) is 48.5 Å². The van der Waals surface area contributed by atoms with Gasteiger partial charge in [-0.1, -0.05) is 6.58 Å². The van der Waals surface area contributed by atoms with Crippen LogP contribution >= 0.6 is 0 Å². The van der Waals surface area contributed by atoms with Crippen molar-refractivity contribution in [1.29, 1.82) is 0 Å². The van der Waals surface area contributed by atoms with E-state index >= 15 is 0 Å². The van der Waals surface area contributed by atoms with Crippen LogP contribution in [0.2, 0.25) is 0 Å². The normalized spacial score (nSPS) is 11.3. The van der Waals surface area contributed by atoms with Crippen LogP contribution in [0.3, 0.4) is 0 Å². The van der Waals surface area contributed by atoms with Crippen LogP contribution in [0.25, 0.3) is 10.9 Å². The maximum absolute atomic E-state index is 4.14. The number of aromatic nitrogens is 2. The van der Waals surface area contributed by atoms with Gasteiger partial charge in [0.15, 0.2) is 0 Å². The van der Waals surface area contributed by atoms with E-state index in [0.29, 0.717) is 0 Å². The molecule has 0 aliphatic carbocycles. The fourth-order valence-electron chi connectivity index (χ4n) is 1.73. The third-order valence-electron chi connectivity index (χ3n) is 2.65. The third kappa shape index (κ3) is 1.46. The molecular formula is C12H13N3. The Hall–Kier alpha value is -1.90. The second kappa shape index (κ2) is 3.69. The van der Waals surface area contributed by atoms with E-state index < -0.39 is 0 Å². The molecule has 0 bridgehead atoms. The van der Waals surface area contributed by atoms with E-state index in [4.69, 9.17) is 0 Å². The Kier molecular flexibility index (Phi) is 2.37.